The predicted octanol–water partition coefficient (Wildman–Crippen LogP) is 4.22. The molecule has 0 aliphatic heterocycles. The highest BCUT2D eigenvalue weighted by Gasteiger charge is 2.20. The molecule has 0 aliphatic rings. The van der Waals surface area contributed by atoms with Crippen LogP contribution in [0, 0.1) is 6.92 Å². The number of rotatable bonds is 3. The maximum Gasteiger partial charge on any atom is 0.0683 e. The molecular formula is C11H16Cl2Si. The zero-order valence-corrected chi connectivity index (χ0v) is 11.4. The van der Waals surface area contributed by atoms with Gasteiger partial charge in [0, 0.05) is 10.5 Å². The second-order valence-corrected chi connectivity index (χ2v) is 10.7. The highest BCUT2D eigenvalue weighted by molar-refractivity contribution is 6.82. The Balaban J connectivity index is 2.91. The van der Waals surface area contributed by atoms with Gasteiger partial charge in [0.15, 0.2) is 0 Å². The lowest BCUT2D eigenvalue weighted by Crippen LogP contribution is -2.32. The summed E-state index contributed by atoms with van der Waals surface area (Å²) in [7, 11) is -1.29. The van der Waals surface area contributed by atoms with Gasteiger partial charge in [-0.3, -0.25) is 0 Å². The van der Waals surface area contributed by atoms with Crippen molar-refractivity contribution in [2.45, 2.75) is 26.1 Å². The Morgan fingerprint density at radius 2 is 1.93 bits per heavy atom. The zero-order chi connectivity index (χ0) is 10.8. The van der Waals surface area contributed by atoms with E-state index in [1.165, 1.54) is 11.1 Å². The van der Waals surface area contributed by atoms with Crippen molar-refractivity contribution in [1.29, 1.82) is 0 Å². The Kier molecular flexibility index (Phi) is 4.05. The summed E-state index contributed by atoms with van der Waals surface area (Å²) in [5.74, 6) is 0. The Labute approximate surface area is 97.2 Å². The number of hydrogen-bond acceptors (Lipinski definition) is 0. The molecule has 3 heteroatoms. The van der Waals surface area contributed by atoms with Gasteiger partial charge in [0.1, 0.15) is 0 Å². The van der Waals surface area contributed by atoms with E-state index < -0.39 is 8.07 Å². The first-order valence-electron chi connectivity index (χ1n) is 4.75. The third-order valence-electron chi connectivity index (χ3n) is 2.23. The summed E-state index contributed by atoms with van der Waals surface area (Å²) in [6.07, 6.45) is 0. The summed E-state index contributed by atoms with van der Waals surface area (Å²) in [6.45, 7) is 6.67. The number of alkyl halides is 1. The zero-order valence-electron chi connectivity index (χ0n) is 8.90. The Bertz CT molecular complexity index is 321. The van der Waals surface area contributed by atoms with Gasteiger partial charge in [-0.1, -0.05) is 42.4 Å². The van der Waals surface area contributed by atoms with Crippen molar-refractivity contribution in [3.8, 4) is 0 Å². The van der Waals surface area contributed by atoms with Gasteiger partial charge in [-0.15, -0.1) is 11.6 Å². The summed E-state index contributed by atoms with van der Waals surface area (Å²) in [4.78, 5) is 0. The summed E-state index contributed by atoms with van der Waals surface area (Å²) in [5, 5.41) is 0.876. The normalized spacial score (nSPS) is 11.8. The number of aryl methyl sites for hydroxylation is 1. The van der Waals surface area contributed by atoms with Crippen LogP contribution in [0.2, 0.25) is 18.1 Å². The minimum atomic E-state index is -1.29. The Morgan fingerprint density at radius 1 is 1.29 bits per heavy atom. The fraction of sp³-hybridized carbons (Fsp3) is 0.455. The largest absolute Gasteiger partial charge is 0.130 e. The van der Waals surface area contributed by atoms with Gasteiger partial charge in [0.05, 0.1) is 8.07 Å². The molecule has 78 valence electrons. The highest BCUT2D eigenvalue weighted by Crippen LogP contribution is 2.22. The highest BCUT2D eigenvalue weighted by atomic mass is 35.5. The summed E-state index contributed by atoms with van der Waals surface area (Å²) in [5.41, 5.74) is 3.31. The minimum absolute atomic E-state index is 0.789. The summed E-state index contributed by atoms with van der Waals surface area (Å²) < 4.78 is 0. The van der Waals surface area contributed by atoms with Gasteiger partial charge in [-0.25, -0.2) is 0 Å². The minimum Gasteiger partial charge on any atom is -0.130 e. The summed E-state index contributed by atoms with van der Waals surface area (Å²) in [6, 6.07) is 7.26. The Morgan fingerprint density at radius 3 is 2.50 bits per heavy atom. The molecule has 0 N–H and O–H groups in total. The predicted molar refractivity (Wildman–Crippen MR) is 68.1 cm³/mol. The van der Waals surface area contributed by atoms with E-state index >= 15 is 0 Å². The molecule has 0 amide bonds. The number of benzene rings is 1. The molecule has 0 aromatic heterocycles. The molecule has 0 aliphatic carbocycles. The van der Waals surface area contributed by atoms with Crippen LogP contribution in [-0.4, -0.2) is 13.6 Å². The van der Waals surface area contributed by atoms with Crippen molar-refractivity contribution in [2.24, 2.45) is 0 Å². The fourth-order valence-corrected chi connectivity index (χ4v) is 3.40. The van der Waals surface area contributed by atoms with Crippen LogP contribution in [0.5, 0.6) is 0 Å². The van der Waals surface area contributed by atoms with Crippen molar-refractivity contribution in [3.05, 3.63) is 34.3 Å². The molecule has 1 aromatic rings. The molecule has 0 nitrogen and oxygen atoms in total. The van der Waals surface area contributed by atoms with E-state index in [4.69, 9.17) is 23.2 Å². The molecule has 0 saturated heterocycles. The second kappa shape index (κ2) is 4.69. The van der Waals surface area contributed by atoms with Gasteiger partial charge in [0.25, 0.3) is 0 Å². The quantitative estimate of drug-likeness (QED) is 0.554. The average Bonchev–Trinajstić information content (AvgIpc) is 2.11. The molecule has 0 unspecified atom stereocenters. The lowest BCUT2D eigenvalue weighted by atomic mass is 10.2. The maximum absolute atomic E-state index is 6.14. The monoisotopic (exact) mass is 246 g/mol. The molecule has 0 radical (unpaired) electrons. The van der Waals surface area contributed by atoms with E-state index in [0.717, 1.165) is 16.6 Å². The van der Waals surface area contributed by atoms with E-state index in [1.54, 1.807) is 0 Å². The number of halogens is 2. The smallest absolute Gasteiger partial charge is 0.0683 e. The number of hydrogen-bond donors (Lipinski definition) is 0. The second-order valence-electron chi connectivity index (χ2n) is 4.57. The van der Waals surface area contributed by atoms with Crippen molar-refractivity contribution < 1.29 is 0 Å². The van der Waals surface area contributed by atoms with Crippen LogP contribution < -0.4 is 0 Å². The third kappa shape index (κ3) is 3.30. The van der Waals surface area contributed by atoms with E-state index in [-0.39, 0.29) is 0 Å². The average molecular weight is 247 g/mol. The SMILES string of the molecule is Cc1ccc(Cl)c(C[Si](C)(C)CCl)c1. The van der Waals surface area contributed by atoms with Gasteiger partial charge in [-0.05, 0) is 24.6 Å². The Hall–Kier alpha value is 0.0169. The summed E-state index contributed by atoms with van der Waals surface area (Å²) >= 11 is 12.1. The first kappa shape index (κ1) is 12.1. The van der Waals surface area contributed by atoms with Crippen LogP contribution in [0.4, 0.5) is 0 Å². The van der Waals surface area contributed by atoms with Crippen LogP contribution in [0.15, 0.2) is 18.2 Å². The molecule has 14 heavy (non-hydrogen) atoms. The van der Waals surface area contributed by atoms with Crippen LogP contribution in [-0.2, 0) is 6.04 Å². The molecule has 0 fully saturated rings. The van der Waals surface area contributed by atoms with Crippen molar-refractivity contribution in [2.75, 3.05) is 5.50 Å². The van der Waals surface area contributed by atoms with Gasteiger partial charge >= 0.3 is 0 Å². The standard InChI is InChI=1S/C11H16Cl2Si/c1-9-4-5-11(13)10(6-9)7-14(2,3)8-12/h4-6H,7-8H2,1-3H3. The molecular weight excluding hydrogens is 231 g/mol. The van der Waals surface area contributed by atoms with E-state index in [0.29, 0.717) is 0 Å². The fourth-order valence-electron chi connectivity index (χ4n) is 1.40. The molecule has 1 rings (SSSR count). The van der Waals surface area contributed by atoms with E-state index in [1.807, 2.05) is 12.1 Å². The topological polar surface area (TPSA) is 0 Å². The van der Waals surface area contributed by atoms with Crippen LogP contribution in [0.1, 0.15) is 11.1 Å². The first-order valence-corrected chi connectivity index (χ1v) is 9.08. The third-order valence-corrected chi connectivity index (χ3v) is 6.83. The lowest BCUT2D eigenvalue weighted by Gasteiger charge is -2.19. The van der Waals surface area contributed by atoms with Gasteiger partial charge in [0.2, 0.25) is 0 Å². The molecule has 0 atom stereocenters. The molecule has 0 saturated carbocycles. The van der Waals surface area contributed by atoms with Crippen molar-refractivity contribution in [1.82, 2.24) is 0 Å². The van der Waals surface area contributed by atoms with Crippen molar-refractivity contribution in [3.63, 3.8) is 0 Å². The maximum atomic E-state index is 6.14. The molecule has 0 bridgehead atoms. The van der Waals surface area contributed by atoms with Crippen LogP contribution in [0.3, 0.4) is 0 Å². The van der Waals surface area contributed by atoms with Crippen LogP contribution in [0.25, 0.3) is 0 Å². The molecule has 1 aromatic carbocycles. The van der Waals surface area contributed by atoms with E-state index in [2.05, 4.69) is 26.1 Å². The first-order chi connectivity index (χ1) is 6.44. The van der Waals surface area contributed by atoms with Gasteiger partial charge in [-0.2, -0.15) is 0 Å². The molecule has 0 heterocycles. The van der Waals surface area contributed by atoms with E-state index in [9.17, 15) is 0 Å². The van der Waals surface area contributed by atoms with Crippen LogP contribution >= 0.6 is 23.2 Å². The van der Waals surface area contributed by atoms with Crippen molar-refractivity contribution >= 4 is 31.3 Å². The molecule has 0 spiro atoms. The van der Waals surface area contributed by atoms with Gasteiger partial charge < -0.3 is 0 Å². The lowest BCUT2D eigenvalue weighted by molar-refractivity contribution is 1.28.